The van der Waals surface area contributed by atoms with Crippen LogP contribution >= 0.6 is 0 Å². The maximum absolute atomic E-state index is 13.0. The molecule has 1 atom stereocenters. The van der Waals surface area contributed by atoms with E-state index in [1.165, 1.54) is 0 Å². The van der Waals surface area contributed by atoms with Crippen molar-refractivity contribution < 1.29 is 19.1 Å². The van der Waals surface area contributed by atoms with Crippen LogP contribution in [0.15, 0.2) is 78.9 Å². The number of benzene rings is 3. The van der Waals surface area contributed by atoms with Crippen LogP contribution < -0.4 is 20.3 Å². The maximum Gasteiger partial charge on any atom is 0.253 e. The van der Waals surface area contributed by atoms with Crippen LogP contribution in [0.3, 0.4) is 0 Å². The Hall–Kier alpha value is -4.13. The minimum Gasteiger partial charge on any atom is -0.491 e. The minimum atomic E-state index is -0.515. The van der Waals surface area contributed by atoms with Gasteiger partial charge in [0, 0.05) is 25.2 Å². The lowest BCUT2D eigenvalue weighted by molar-refractivity contribution is -0.122. The predicted octanol–water partition coefficient (Wildman–Crippen LogP) is 4.44. The van der Waals surface area contributed by atoms with E-state index in [-0.39, 0.29) is 36.8 Å². The number of nitrogens with one attached hydrogen (secondary N) is 2. The van der Waals surface area contributed by atoms with E-state index in [4.69, 9.17) is 4.74 Å². The van der Waals surface area contributed by atoms with Crippen LogP contribution in [0.1, 0.15) is 36.2 Å². The summed E-state index contributed by atoms with van der Waals surface area (Å²) in [7, 11) is 0. The Morgan fingerprint density at radius 2 is 1.67 bits per heavy atom. The quantitative estimate of drug-likeness (QED) is 0.469. The molecule has 7 heteroatoms. The summed E-state index contributed by atoms with van der Waals surface area (Å²) in [5, 5.41) is 5.79. The molecule has 3 aromatic carbocycles. The van der Waals surface area contributed by atoms with Gasteiger partial charge in [-0.15, -0.1) is 0 Å². The van der Waals surface area contributed by atoms with E-state index < -0.39 is 5.92 Å². The number of ether oxygens (including phenoxy) is 1. The molecule has 186 valence electrons. The Kier molecular flexibility index (Phi) is 8.00. The Morgan fingerprint density at radius 1 is 0.972 bits per heavy atom. The maximum atomic E-state index is 13.0. The first kappa shape index (κ1) is 25.0. The lowest BCUT2D eigenvalue weighted by Crippen LogP contribution is -2.30. The molecule has 4 rings (SSSR count). The van der Waals surface area contributed by atoms with Gasteiger partial charge in [-0.05, 0) is 62.2 Å². The van der Waals surface area contributed by atoms with Crippen molar-refractivity contribution in [3.05, 3.63) is 90.0 Å². The van der Waals surface area contributed by atoms with Gasteiger partial charge in [0.05, 0.1) is 23.3 Å². The van der Waals surface area contributed by atoms with Crippen LogP contribution in [0.5, 0.6) is 5.75 Å². The van der Waals surface area contributed by atoms with Gasteiger partial charge in [0.15, 0.2) is 0 Å². The summed E-state index contributed by atoms with van der Waals surface area (Å²) in [5.74, 6) is -0.434. The smallest absolute Gasteiger partial charge is 0.253 e. The number of nitrogens with zero attached hydrogens (tertiary/aromatic N) is 1. The Morgan fingerprint density at radius 3 is 2.39 bits per heavy atom. The predicted molar refractivity (Wildman–Crippen MR) is 140 cm³/mol. The molecule has 3 amide bonds. The van der Waals surface area contributed by atoms with E-state index in [9.17, 15) is 14.4 Å². The first-order valence-corrected chi connectivity index (χ1v) is 12.2. The number of hydrogen-bond donors (Lipinski definition) is 2. The molecule has 0 aliphatic carbocycles. The first-order valence-electron chi connectivity index (χ1n) is 12.2. The zero-order valence-corrected chi connectivity index (χ0v) is 20.6. The van der Waals surface area contributed by atoms with Gasteiger partial charge in [0.1, 0.15) is 5.75 Å². The number of amides is 3. The molecule has 36 heavy (non-hydrogen) atoms. The van der Waals surface area contributed by atoms with Gasteiger partial charge in [0.2, 0.25) is 11.8 Å². The zero-order valence-electron chi connectivity index (χ0n) is 20.6. The Labute approximate surface area is 211 Å². The highest BCUT2D eigenvalue weighted by Crippen LogP contribution is 2.28. The second kappa shape index (κ2) is 11.5. The number of carbonyl (C=O) groups excluding carboxylic acids is 3. The van der Waals surface area contributed by atoms with E-state index in [1.807, 2.05) is 68.4 Å². The van der Waals surface area contributed by atoms with Crippen LogP contribution in [-0.4, -0.2) is 36.9 Å². The number of rotatable bonds is 9. The molecule has 0 aromatic heterocycles. The van der Waals surface area contributed by atoms with Gasteiger partial charge in [-0.2, -0.15) is 0 Å². The molecule has 0 bridgehead atoms. The normalized spacial score (nSPS) is 15.1. The van der Waals surface area contributed by atoms with Crippen LogP contribution in [0, 0.1) is 5.92 Å². The summed E-state index contributed by atoms with van der Waals surface area (Å²) < 4.78 is 5.66. The molecule has 1 aliphatic heterocycles. The summed E-state index contributed by atoms with van der Waals surface area (Å²) in [6.45, 7) is 4.67. The zero-order chi connectivity index (χ0) is 25.5. The van der Waals surface area contributed by atoms with Gasteiger partial charge in [-0.25, -0.2) is 0 Å². The van der Waals surface area contributed by atoms with Crippen LogP contribution in [-0.2, 0) is 16.0 Å². The Balaban J connectivity index is 1.36. The fourth-order valence-electron chi connectivity index (χ4n) is 4.19. The van der Waals surface area contributed by atoms with Crippen molar-refractivity contribution in [3.8, 4) is 5.75 Å². The van der Waals surface area contributed by atoms with Crippen molar-refractivity contribution in [2.24, 2.45) is 5.92 Å². The van der Waals surface area contributed by atoms with Crippen LogP contribution in [0.4, 0.5) is 11.4 Å². The molecule has 0 radical (unpaired) electrons. The second-order valence-electron chi connectivity index (χ2n) is 9.09. The molecule has 0 unspecified atom stereocenters. The molecule has 1 fully saturated rings. The van der Waals surface area contributed by atoms with Crippen molar-refractivity contribution >= 4 is 29.1 Å². The van der Waals surface area contributed by atoms with Gasteiger partial charge in [0.25, 0.3) is 5.91 Å². The van der Waals surface area contributed by atoms with E-state index in [0.29, 0.717) is 24.2 Å². The first-order chi connectivity index (χ1) is 17.4. The molecule has 1 saturated heterocycles. The van der Waals surface area contributed by atoms with Crippen LogP contribution in [0.2, 0.25) is 0 Å². The van der Waals surface area contributed by atoms with Gasteiger partial charge >= 0.3 is 0 Å². The molecule has 0 spiro atoms. The van der Waals surface area contributed by atoms with E-state index in [2.05, 4.69) is 10.6 Å². The minimum absolute atomic E-state index is 0.0613. The van der Waals surface area contributed by atoms with Gasteiger partial charge in [-0.1, -0.05) is 42.5 Å². The number of carbonyl (C=O) groups is 3. The number of para-hydroxylation sites is 1. The molecule has 7 nitrogen and oxygen atoms in total. The third-order valence-corrected chi connectivity index (χ3v) is 5.99. The van der Waals surface area contributed by atoms with E-state index in [0.717, 1.165) is 17.0 Å². The molecular formula is C29H31N3O4. The van der Waals surface area contributed by atoms with Crippen molar-refractivity contribution in [1.29, 1.82) is 0 Å². The highest BCUT2D eigenvalue weighted by Gasteiger charge is 2.35. The van der Waals surface area contributed by atoms with Crippen molar-refractivity contribution in [1.82, 2.24) is 5.32 Å². The molecule has 1 heterocycles. The van der Waals surface area contributed by atoms with Crippen molar-refractivity contribution in [2.45, 2.75) is 32.8 Å². The molecule has 3 aromatic rings. The standard InChI is InChI=1S/C29H31N3O4/c1-20(2)36-24-14-12-23(13-15-24)32-19-22(18-27(32)33)28(34)31-26-11-7-6-10-25(26)29(35)30-17-16-21-8-4-3-5-9-21/h3-15,20,22H,16-19H2,1-2H3,(H,30,35)(H,31,34)/t22-/m0/s1. The summed E-state index contributed by atoms with van der Waals surface area (Å²) in [6, 6.07) is 24.1. The average molecular weight is 486 g/mol. The topological polar surface area (TPSA) is 87.7 Å². The second-order valence-corrected chi connectivity index (χ2v) is 9.09. The number of anilines is 2. The molecular weight excluding hydrogens is 454 g/mol. The fourth-order valence-corrected chi connectivity index (χ4v) is 4.19. The van der Waals surface area contributed by atoms with Crippen molar-refractivity contribution in [3.63, 3.8) is 0 Å². The van der Waals surface area contributed by atoms with Gasteiger partial charge in [-0.3, -0.25) is 14.4 Å². The van der Waals surface area contributed by atoms with Gasteiger partial charge < -0.3 is 20.3 Å². The molecule has 0 saturated carbocycles. The lowest BCUT2D eigenvalue weighted by Gasteiger charge is -2.18. The highest BCUT2D eigenvalue weighted by atomic mass is 16.5. The fraction of sp³-hybridized carbons (Fsp3) is 0.276. The third-order valence-electron chi connectivity index (χ3n) is 5.99. The SMILES string of the molecule is CC(C)Oc1ccc(N2C[C@@H](C(=O)Nc3ccccc3C(=O)NCCc3ccccc3)CC2=O)cc1. The van der Waals surface area contributed by atoms with Crippen molar-refractivity contribution in [2.75, 3.05) is 23.3 Å². The van der Waals surface area contributed by atoms with Crippen LogP contribution in [0.25, 0.3) is 0 Å². The third kappa shape index (κ3) is 6.30. The number of hydrogen-bond acceptors (Lipinski definition) is 4. The summed E-state index contributed by atoms with van der Waals surface area (Å²) in [6.07, 6.45) is 0.888. The van der Waals surface area contributed by atoms with E-state index >= 15 is 0 Å². The lowest BCUT2D eigenvalue weighted by atomic mass is 10.1. The summed E-state index contributed by atoms with van der Waals surface area (Å²) >= 11 is 0. The largest absolute Gasteiger partial charge is 0.491 e. The summed E-state index contributed by atoms with van der Waals surface area (Å²) in [4.78, 5) is 40.1. The molecule has 2 N–H and O–H groups in total. The monoisotopic (exact) mass is 485 g/mol. The summed E-state index contributed by atoms with van der Waals surface area (Å²) in [5.41, 5.74) is 2.68. The Bertz CT molecular complexity index is 1210. The van der Waals surface area contributed by atoms with E-state index in [1.54, 1.807) is 29.2 Å². The highest BCUT2D eigenvalue weighted by molar-refractivity contribution is 6.07. The average Bonchev–Trinajstić information content (AvgIpc) is 3.27. The molecule has 1 aliphatic rings.